The zero-order valence-corrected chi connectivity index (χ0v) is 11.2. The number of amides is 1. The van der Waals surface area contributed by atoms with E-state index in [0.29, 0.717) is 18.0 Å². The summed E-state index contributed by atoms with van der Waals surface area (Å²) in [5, 5.41) is 0. The van der Waals surface area contributed by atoms with Gasteiger partial charge in [0.25, 0.3) is 5.91 Å². The molecule has 98 valence electrons. The number of ether oxygens (including phenoxy) is 1. The van der Waals surface area contributed by atoms with E-state index in [1.165, 1.54) is 11.3 Å². The summed E-state index contributed by atoms with van der Waals surface area (Å²) in [4.78, 5) is 19.0. The molecule has 1 amide bonds. The molecule has 0 spiro atoms. The molecule has 2 N–H and O–H groups in total. The Balaban J connectivity index is 2.00. The van der Waals surface area contributed by atoms with Crippen LogP contribution in [0.4, 0.5) is 11.4 Å². The lowest BCUT2D eigenvalue weighted by Gasteiger charge is -2.32. The minimum atomic E-state index is -0.498. The summed E-state index contributed by atoms with van der Waals surface area (Å²) in [5.41, 5.74) is 8.89. The summed E-state index contributed by atoms with van der Waals surface area (Å²) >= 11 is 1.53. The molecule has 2 heterocycles. The Kier molecular flexibility index (Phi) is 2.87. The topological polar surface area (TPSA) is 68.5 Å². The second kappa shape index (κ2) is 4.55. The molecular formula is C13H13N3O2S. The van der Waals surface area contributed by atoms with Gasteiger partial charge in [0.05, 0.1) is 17.7 Å². The quantitative estimate of drug-likeness (QED) is 0.852. The highest BCUT2D eigenvalue weighted by Crippen LogP contribution is 2.36. The van der Waals surface area contributed by atoms with Crippen LogP contribution >= 0.6 is 11.3 Å². The van der Waals surface area contributed by atoms with Gasteiger partial charge in [-0.2, -0.15) is 0 Å². The summed E-state index contributed by atoms with van der Waals surface area (Å²) in [7, 11) is 0. The van der Waals surface area contributed by atoms with Crippen molar-refractivity contribution in [2.75, 3.05) is 10.6 Å². The van der Waals surface area contributed by atoms with Crippen molar-refractivity contribution in [1.82, 2.24) is 4.98 Å². The van der Waals surface area contributed by atoms with Crippen LogP contribution in [0.5, 0.6) is 5.75 Å². The average molecular weight is 275 g/mol. The number of aromatic nitrogens is 1. The molecule has 6 heteroatoms. The molecule has 0 fully saturated rings. The van der Waals surface area contributed by atoms with Gasteiger partial charge in [-0.05, 0) is 19.1 Å². The van der Waals surface area contributed by atoms with Crippen molar-refractivity contribution in [3.63, 3.8) is 0 Å². The predicted molar refractivity (Wildman–Crippen MR) is 74.2 cm³/mol. The zero-order valence-electron chi connectivity index (χ0n) is 10.4. The Morgan fingerprint density at radius 2 is 2.37 bits per heavy atom. The molecule has 0 bridgehead atoms. The molecule has 1 aliphatic rings. The van der Waals surface area contributed by atoms with Crippen LogP contribution in [0.3, 0.4) is 0 Å². The number of nitrogen functional groups attached to an aromatic ring is 1. The Hall–Kier alpha value is -2.08. The van der Waals surface area contributed by atoms with Gasteiger partial charge in [-0.15, -0.1) is 11.3 Å². The van der Waals surface area contributed by atoms with Crippen LogP contribution < -0.4 is 15.4 Å². The minimum absolute atomic E-state index is 0.0503. The fourth-order valence-corrected chi connectivity index (χ4v) is 2.65. The fraction of sp³-hybridized carbons (Fsp3) is 0.231. The SMILES string of the molecule is CC1Oc2cc(N)ccc2N(Cc2cncs2)C1=O. The van der Waals surface area contributed by atoms with Crippen molar-refractivity contribution in [2.24, 2.45) is 0 Å². The first-order chi connectivity index (χ1) is 9.15. The summed E-state index contributed by atoms with van der Waals surface area (Å²) in [6.07, 6.45) is 1.27. The van der Waals surface area contributed by atoms with Crippen LogP contribution in [0.15, 0.2) is 29.9 Å². The third-order valence-electron chi connectivity index (χ3n) is 2.99. The number of nitrogens with two attached hydrogens (primary N) is 1. The maximum Gasteiger partial charge on any atom is 0.268 e. The Bertz CT molecular complexity index is 612. The number of thiazole rings is 1. The van der Waals surface area contributed by atoms with E-state index >= 15 is 0 Å². The number of hydrogen-bond donors (Lipinski definition) is 1. The number of benzene rings is 1. The number of anilines is 2. The third kappa shape index (κ3) is 2.15. The summed E-state index contributed by atoms with van der Waals surface area (Å²) in [6, 6.07) is 5.33. The summed E-state index contributed by atoms with van der Waals surface area (Å²) in [6.45, 7) is 2.25. The molecule has 1 aromatic carbocycles. The second-order valence-electron chi connectivity index (χ2n) is 4.38. The van der Waals surface area contributed by atoms with E-state index in [9.17, 15) is 4.79 Å². The minimum Gasteiger partial charge on any atom is -0.479 e. The van der Waals surface area contributed by atoms with E-state index in [-0.39, 0.29) is 5.91 Å². The highest BCUT2D eigenvalue weighted by atomic mass is 32.1. The molecular weight excluding hydrogens is 262 g/mol. The van der Waals surface area contributed by atoms with Crippen molar-refractivity contribution in [1.29, 1.82) is 0 Å². The second-order valence-corrected chi connectivity index (χ2v) is 5.35. The monoisotopic (exact) mass is 275 g/mol. The van der Waals surface area contributed by atoms with E-state index in [1.54, 1.807) is 35.7 Å². The van der Waals surface area contributed by atoms with Crippen LogP contribution in [-0.4, -0.2) is 17.0 Å². The summed E-state index contributed by atoms with van der Waals surface area (Å²) in [5.74, 6) is 0.599. The maximum absolute atomic E-state index is 12.3. The van der Waals surface area contributed by atoms with Crippen molar-refractivity contribution in [2.45, 2.75) is 19.6 Å². The molecule has 0 aliphatic carbocycles. The first-order valence-electron chi connectivity index (χ1n) is 5.90. The molecule has 0 saturated heterocycles. The Labute approximate surface area is 114 Å². The lowest BCUT2D eigenvalue weighted by atomic mass is 10.1. The van der Waals surface area contributed by atoms with Crippen LogP contribution in [0.2, 0.25) is 0 Å². The van der Waals surface area contributed by atoms with Crippen LogP contribution in [-0.2, 0) is 11.3 Å². The van der Waals surface area contributed by atoms with Crippen LogP contribution in [0.1, 0.15) is 11.8 Å². The van der Waals surface area contributed by atoms with Crippen molar-refractivity contribution < 1.29 is 9.53 Å². The van der Waals surface area contributed by atoms with E-state index in [2.05, 4.69) is 4.98 Å². The molecule has 1 unspecified atom stereocenters. The average Bonchev–Trinajstić information content (AvgIpc) is 2.87. The lowest BCUT2D eigenvalue weighted by molar-refractivity contribution is -0.125. The Morgan fingerprint density at radius 1 is 1.53 bits per heavy atom. The Morgan fingerprint density at radius 3 is 3.11 bits per heavy atom. The highest BCUT2D eigenvalue weighted by molar-refractivity contribution is 7.09. The molecule has 1 atom stereocenters. The smallest absolute Gasteiger partial charge is 0.268 e. The molecule has 1 aromatic heterocycles. The number of carbonyl (C=O) groups is 1. The van der Waals surface area contributed by atoms with Gasteiger partial charge in [-0.1, -0.05) is 0 Å². The lowest BCUT2D eigenvalue weighted by Crippen LogP contribution is -2.43. The number of rotatable bonds is 2. The molecule has 19 heavy (non-hydrogen) atoms. The fourth-order valence-electron chi connectivity index (χ4n) is 2.07. The van der Waals surface area contributed by atoms with Crippen LogP contribution in [0.25, 0.3) is 0 Å². The number of nitrogens with zero attached hydrogens (tertiary/aromatic N) is 2. The third-order valence-corrected chi connectivity index (χ3v) is 3.75. The van der Waals surface area contributed by atoms with Gasteiger partial charge >= 0.3 is 0 Å². The van der Waals surface area contributed by atoms with Gasteiger partial charge in [0.2, 0.25) is 0 Å². The van der Waals surface area contributed by atoms with Crippen molar-refractivity contribution in [3.05, 3.63) is 34.8 Å². The first kappa shape index (κ1) is 12.0. The van der Waals surface area contributed by atoms with Gasteiger partial charge in [0.1, 0.15) is 5.75 Å². The molecule has 0 saturated carbocycles. The standard InChI is InChI=1S/C13H13N3O2S/c1-8-13(17)16(6-10-5-15-7-19-10)11-3-2-9(14)4-12(11)18-8/h2-5,7-8H,6,14H2,1H3. The number of fused-ring (bicyclic) bond motifs is 1. The number of hydrogen-bond acceptors (Lipinski definition) is 5. The van der Waals surface area contributed by atoms with Crippen molar-refractivity contribution in [3.8, 4) is 5.75 Å². The van der Waals surface area contributed by atoms with E-state index in [4.69, 9.17) is 10.5 Å². The van der Waals surface area contributed by atoms with E-state index in [0.717, 1.165) is 10.6 Å². The highest BCUT2D eigenvalue weighted by Gasteiger charge is 2.31. The van der Waals surface area contributed by atoms with E-state index in [1.807, 2.05) is 6.07 Å². The summed E-state index contributed by atoms with van der Waals surface area (Å²) < 4.78 is 5.59. The van der Waals surface area contributed by atoms with Gasteiger partial charge in [-0.25, -0.2) is 0 Å². The number of carbonyl (C=O) groups excluding carboxylic acids is 1. The predicted octanol–water partition coefficient (Wildman–Crippen LogP) is 2.04. The molecule has 1 aliphatic heterocycles. The largest absolute Gasteiger partial charge is 0.479 e. The molecule has 3 rings (SSSR count). The van der Waals surface area contributed by atoms with Gasteiger partial charge < -0.3 is 15.4 Å². The molecule has 2 aromatic rings. The maximum atomic E-state index is 12.3. The van der Waals surface area contributed by atoms with Gasteiger partial charge in [-0.3, -0.25) is 9.78 Å². The molecule has 5 nitrogen and oxygen atoms in total. The normalized spacial score (nSPS) is 18.1. The zero-order chi connectivity index (χ0) is 13.4. The van der Waals surface area contributed by atoms with Crippen molar-refractivity contribution >= 4 is 28.6 Å². The van der Waals surface area contributed by atoms with E-state index < -0.39 is 6.10 Å². The molecule has 0 radical (unpaired) electrons. The van der Waals surface area contributed by atoms with Gasteiger partial charge in [0, 0.05) is 22.8 Å². The van der Waals surface area contributed by atoms with Gasteiger partial charge in [0.15, 0.2) is 6.10 Å². The first-order valence-corrected chi connectivity index (χ1v) is 6.78. The van der Waals surface area contributed by atoms with Crippen LogP contribution in [0, 0.1) is 0 Å².